The molecule has 0 aliphatic heterocycles. The van der Waals surface area contributed by atoms with Gasteiger partial charge in [0.05, 0.1) is 0 Å². The summed E-state index contributed by atoms with van der Waals surface area (Å²) in [7, 11) is 5.88. The molecule has 1 heterocycles. The van der Waals surface area contributed by atoms with Crippen molar-refractivity contribution >= 4 is 17.2 Å². The van der Waals surface area contributed by atoms with Gasteiger partial charge in [-0.05, 0) is 74.0 Å². The van der Waals surface area contributed by atoms with Crippen LogP contribution in [0.1, 0.15) is 50.3 Å². The van der Waals surface area contributed by atoms with E-state index in [0.29, 0.717) is 0 Å². The highest BCUT2D eigenvalue weighted by molar-refractivity contribution is 7.15. The monoisotopic (exact) mass is 438 g/mol. The van der Waals surface area contributed by atoms with Gasteiger partial charge in [0.15, 0.2) is 0 Å². The molecule has 0 aliphatic carbocycles. The number of nitrogens with two attached hydrogens (primary N) is 2. The molecule has 0 fully saturated rings. The molecule has 0 spiro atoms. The topological polar surface area (TPSA) is 84.4 Å². The minimum Gasteiger partial charge on any atom is -0.355 e. The molecule has 2 aromatic carbocycles. The Kier molecular flexibility index (Phi) is 8.95. The number of amides is 1. The van der Waals surface area contributed by atoms with E-state index in [1.807, 2.05) is 17.4 Å². The summed E-state index contributed by atoms with van der Waals surface area (Å²) in [6, 6.07) is 17.2. The van der Waals surface area contributed by atoms with E-state index in [-0.39, 0.29) is 11.8 Å². The number of rotatable bonds is 6. The van der Waals surface area contributed by atoms with Gasteiger partial charge in [-0.25, -0.2) is 0 Å². The van der Waals surface area contributed by atoms with Gasteiger partial charge >= 0.3 is 0 Å². The van der Waals surface area contributed by atoms with Gasteiger partial charge in [-0.2, -0.15) is 0 Å². The first-order valence-electron chi connectivity index (χ1n) is 10.3. The lowest BCUT2D eigenvalue weighted by Gasteiger charge is -2.17. The molecule has 1 aromatic heterocycles. The van der Waals surface area contributed by atoms with Crippen LogP contribution in [-0.4, -0.2) is 32.0 Å². The quantitative estimate of drug-likeness (QED) is 0.393. The van der Waals surface area contributed by atoms with Crippen molar-refractivity contribution in [1.29, 1.82) is 0 Å². The first kappa shape index (κ1) is 24.8. The molecule has 1 atom stereocenters. The van der Waals surface area contributed by atoms with Crippen molar-refractivity contribution in [3.63, 3.8) is 0 Å². The fourth-order valence-electron chi connectivity index (χ4n) is 3.65. The van der Waals surface area contributed by atoms with E-state index in [4.69, 9.17) is 0 Å². The van der Waals surface area contributed by atoms with Crippen LogP contribution in [0.2, 0.25) is 0 Å². The molecule has 0 aliphatic rings. The van der Waals surface area contributed by atoms with Gasteiger partial charge in [0.1, 0.15) is 0 Å². The molecule has 166 valence electrons. The normalized spacial score (nSPS) is 11.6. The summed E-state index contributed by atoms with van der Waals surface area (Å²) in [6.45, 7) is 7.27. The first-order chi connectivity index (χ1) is 14.8. The zero-order valence-corrected chi connectivity index (χ0v) is 20.1. The summed E-state index contributed by atoms with van der Waals surface area (Å²) < 4.78 is 0. The highest BCUT2D eigenvalue weighted by Crippen LogP contribution is 2.38. The van der Waals surface area contributed by atoms with E-state index in [1.54, 1.807) is 7.05 Å². The Morgan fingerprint density at radius 1 is 1.06 bits per heavy atom. The lowest BCUT2D eigenvalue weighted by Crippen LogP contribution is -2.20. The van der Waals surface area contributed by atoms with Crippen molar-refractivity contribution in [2.75, 3.05) is 21.1 Å². The van der Waals surface area contributed by atoms with Gasteiger partial charge < -0.3 is 10.2 Å². The van der Waals surface area contributed by atoms with Crippen LogP contribution in [0.25, 0.3) is 10.4 Å². The van der Waals surface area contributed by atoms with Crippen LogP contribution >= 0.6 is 11.3 Å². The minimum atomic E-state index is -0.0249. The van der Waals surface area contributed by atoms with E-state index >= 15 is 0 Å². The number of hydrogen-bond donors (Lipinski definition) is 3. The zero-order valence-electron chi connectivity index (χ0n) is 19.3. The first-order valence-corrected chi connectivity index (χ1v) is 11.1. The van der Waals surface area contributed by atoms with Crippen molar-refractivity contribution in [3.8, 4) is 10.4 Å². The molecular weight excluding hydrogens is 404 g/mol. The molecular formula is C25H34N4OS. The Morgan fingerprint density at radius 3 is 2.35 bits per heavy atom. The number of hydrogen-bond acceptors (Lipinski definition) is 5. The van der Waals surface area contributed by atoms with Gasteiger partial charge in [-0.15, -0.1) is 11.3 Å². The molecule has 5 nitrogen and oxygen atoms in total. The second kappa shape index (κ2) is 11.2. The van der Waals surface area contributed by atoms with E-state index in [2.05, 4.69) is 99.2 Å². The minimum absolute atomic E-state index is 0.0249. The molecule has 1 amide bonds. The van der Waals surface area contributed by atoms with Gasteiger partial charge in [0.2, 0.25) is 0 Å². The third kappa shape index (κ3) is 5.80. The Balaban J connectivity index is 0.00000166. The van der Waals surface area contributed by atoms with Crippen molar-refractivity contribution in [3.05, 3.63) is 81.2 Å². The second-order valence-electron chi connectivity index (χ2n) is 7.92. The number of carbonyl (C=O) groups excluding carboxylic acids is 1. The van der Waals surface area contributed by atoms with Gasteiger partial charge in [0, 0.05) is 34.8 Å². The molecule has 6 heteroatoms. The van der Waals surface area contributed by atoms with Crippen LogP contribution in [0, 0.1) is 13.8 Å². The Hall–Kier alpha value is -2.51. The molecule has 0 radical (unpaired) electrons. The molecule has 3 rings (SSSR count). The molecule has 5 N–H and O–H groups in total. The Morgan fingerprint density at radius 2 is 1.71 bits per heavy atom. The molecule has 3 aromatic rings. The largest absolute Gasteiger partial charge is 0.355 e. The van der Waals surface area contributed by atoms with E-state index in [9.17, 15) is 4.79 Å². The summed E-state index contributed by atoms with van der Waals surface area (Å²) in [6.07, 6.45) is 0. The number of thiophene rings is 1. The predicted molar refractivity (Wildman–Crippen MR) is 132 cm³/mol. The summed E-state index contributed by atoms with van der Waals surface area (Å²) >= 11 is 1.82. The number of benzene rings is 2. The van der Waals surface area contributed by atoms with Crippen molar-refractivity contribution < 1.29 is 4.79 Å². The summed E-state index contributed by atoms with van der Waals surface area (Å²) in [4.78, 5) is 17.2. The van der Waals surface area contributed by atoms with Crippen LogP contribution in [-0.2, 0) is 6.54 Å². The fraction of sp³-hybridized carbons (Fsp3) is 0.320. The van der Waals surface area contributed by atoms with Crippen LogP contribution in [0.15, 0.2) is 48.5 Å². The van der Waals surface area contributed by atoms with Crippen LogP contribution in [0.4, 0.5) is 0 Å². The van der Waals surface area contributed by atoms with Crippen LogP contribution in [0.3, 0.4) is 0 Å². The smallest absolute Gasteiger partial charge is 0.251 e. The molecule has 0 bridgehead atoms. The third-order valence-electron chi connectivity index (χ3n) is 5.43. The Bertz CT molecular complexity index is 1030. The maximum Gasteiger partial charge on any atom is 0.251 e. The fourth-order valence-corrected chi connectivity index (χ4v) is 4.79. The van der Waals surface area contributed by atoms with Gasteiger partial charge in [0.25, 0.3) is 5.91 Å². The van der Waals surface area contributed by atoms with Crippen LogP contribution in [0.5, 0.6) is 0 Å². The predicted octanol–water partition coefficient (Wildman–Crippen LogP) is 4.42. The summed E-state index contributed by atoms with van der Waals surface area (Å²) in [5, 5.41) is 2.79. The number of hydrazine groups is 1. The summed E-state index contributed by atoms with van der Waals surface area (Å²) in [5.41, 5.74) is 6.83. The molecule has 31 heavy (non-hydrogen) atoms. The summed E-state index contributed by atoms with van der Waals surface area (Å²) in [5.74, 6) is 8.13. The number of carbonyl (C=O) groups is 1. The molecule has 1 unspecified atom stereocenters. The highest BCUT2D eigenvalue weighted by atomic mass is 32.1. The average Bonchev–Trinajstić information content (AvgIpc) is 3.25. The van der Waals surface area contributed by atoms with Gasteiger partial charge in [-0.3, -0.25) is 16.5 Å². The van der Waals surface area contributed by atoms with Gasteiger partial charge in [-0.1, -0.05) is 37.3 Å². The highest BCUT2D eigenvalue weighted by Gasteiger charge is 2.20. The van der Waals surface area contributed by atoms with E-state index in [1.165, 1.54) is 26.4 Å². The Labute approximate surface area is 190 Å². The van der Waals surface area contributed by atoms with E-state index in [0.717, 1.165) is 23.2 Å². The van der Waals surface area contributed by atoms with Crippen molar-refractivity contribution in [2.24, 2.45) is 11.7 Å². The molecule has 0 saturated heterocycles. The lowest BCUT2D eigenvalue weighted by atomic mass is 9.90. The maximum absolute atomic E-state index is 12.5. The third-order valence-corrected chi connectivity index (χ3v) is 6.73. The lowest BCUT2D eigenvalue weighted by molar-refractivity contribution is 0.0962. The van der Waals surface area contributed by atoms with Crippen molar-refractivity contribution in [2.45, 2.75) is 33.2 Å². The standard InChI is InChI=1S/C25H30N2OS.H4N2/c1-16-13-21(22(14-17(16)2)25(28)26-4)18(3)23-11-12-24(29-23)20-10-8-7-9-19(20)15-27(5)6;1-2/h7-14,18H,15H2,1-6H3,(H,26,28);1-2H2. The number of aryl methyl sites for hydroxylation is 2. The van der Waals surface area contributed by atoms with E-state index < -0.39 is 0 Å². The number of nitrogens with one attached hydrogen (secondary N) is 1. The molecule has 0 saturated carbocycles. The average molecular weight is 439 g/mol. The van der Waals surface area contributed by atoms with Crippen molar-refractivity contribution in [1.82, 2.24) is 10.2 Å². The number of nitrogens with zero attached hydrogens (tertiary/aromatic N) is 1. The maximum atomic E-state index is 12.5. The zero-order chi connectivity index (χ0) is 23.1. The second-order valence-corrected chi connectivity index (χ2v) is 9.04. The van der Waals surface area contributed by atoms with Crippen LogP contribution < -0.4 is 17.0 Å². The SMILES string of the molecule is CNC(=O)c1cc(C)c(C)cc1C(C)c1ccc(-c2ccccc2CN(C)C)s1.NN.